The van der Waals surface area contributed by atoms with Crippen LogP contribution in [0.4, 0.5) is 0 Å². The molecule has 3 aliphatic carbocycles. The summed E-state index contributed by atoms with van der Waals surface area (Å²) in [6, 6.07) is 12.1. The average molecular weight is 358 g/mol. The van der Waals surface area contributed by atoms with Crippen LogP contribution in [-0.4, -0.2) is 17.0 Å². The molecular weight excluding hydrogens is 319 g/mol. The van der Waals surface area contributed by atoms with Gasteiger partial charge in [0.25, 0.3) is 0 Å². The number of hydrogen-bond donors (Lipinski definition) is 0. The number of benzene rings is 1. The standard InChI is InChI=1S/C24H38P/c1-5-13-21(14-6-1)25(22-15-7-2-8-16-22,23-17-9-3-10-18-23)24-19-11-4-12-20-24/h1,5-6,13-14,22-24H,2-4,7-12,15-20H2/q+1. The Hall–Kier alpha value is -0.350. The zero-order valence-electron chi connectivity index (χ0n) is 16.2. The van der Waals surface area contributed by atoms with Crippen molar-refractivity contribution in [3.8, 4) is 0 Å². The van der Waals surface area contributed by atoms with Crippen LogP contribution in [0.2, 0.25) is 0 Å². The molecule has 1 aromatic carbocycles. The molecule has 0 spiro atoms. The molecule has 3 saturated carbocycles. The molecule has 0 bridgehead atoms. The van der Waals surface area contributed by atoms with Gasteiger partial charge in [0.15, 0.2) is 0 Å². The molecule has 0 amide bonds. The third kappa shape index (κ3) is 3.58. The van der Waals surface area contributed by atoms with Gasteiger partial charge >= 0.3 is 0 Å². The van der Waals surface area contributed by atoms with E-state index in [0.29, 0.717) is 0 Å². The summed E-state index contributed by atoms with van der Waals surface area (Å²) in [6.45, 7) is 0. The Bertz CT molecular complexity index is 459. The van der Waals surface area contributed by atoms with Crippen LogP contribution >= 0.6 is 7.26 Å². The SMILES string of the molecule is c1ccc([P+](C2CCCCC2)(C2CCCCC2)C2CCCCC2)cc1. The molecule has 25 heavy (non-hydrogen) atoms. The highest BCUT2D eigenvalue weighted by molar-refractivity contribution is 7.84. The van der Waals surface area contributed by atoms with Crippen LogP contribution in [0, 0.1) is 0 Å². The van der Waals surface area contributed by atoms with Gasteiger partial charge in [0.1, 0.15) is 0 Å². The topological polar surface area (TPSA) is 0 Å². The summed E-state index contributed by atoms with van der Waals surface area (Å²) in [5.41, 5.74) is 3.19. The van der Waals surface area contributed by atoms with Gasteiger partial charge in [-0.1, -0.05) is 37.5 Å². The molecule has 0 N–H and O–H groups in total. The molecule has 0 aromatic heterocycles. The number of hydrogen-bond acceptors (Lipinski definition) is 0. The van der Waals surface area contributed by atoms with Crippen molar-refractivity contribution in [3.05, 3.63) is 30.3 Å². The van der Waals surface area contributed by atoms with Crippen LogP contribution in [0.5, 0.6) is 0 Å². The fourth-order valence-electron chi connectivity index (χ4n) is 6.74. The Kier molecular flexibility index (Phi) is 6.17. The lowest BCUT2D eigenvalue weighted by Crippen LogP contribution is -2.41. The lowest BCUT2D eigenvalue weighted by molar-refractivity contribution is 0.455. The molecule has 1 aromatic rings. The lowest BCUT2D eigenvalue weighted by Gasteiger charge is -2.48. The zero-order valence-corrected chi connectivity index (χ0v) is 17.1. The minimum Gasteiger partial charge on any atom is -0.0620 e. The third-order valence-electron chi connectivity index (χ3n) is 7.74. The molecule has 0 atom stereocenters. The predicted octanol–water partition coefficient (Wildman–Crippen LogP) is 7.33. The minimum atomic E-state index is -1.07. The first-order valence-corrected chi connectivity index (χ1v) is 13.4. The highest BCUT2D eigenvalue weighted by Gasteiger charge is 2.58. The van der Waals surface area contributed by atoms with Gasteiger partial charge in [0, 0.05) is 0 Å². The van der Waals surface area contributed by atoms with Gasteiger partial charge in [-0.3, -0.25) is 0 Å². The van der Waals surface area contributed by atoms with E-state index in [1.54, 1.807) is 38.5 Å². The van der Waals surface area contributed by atoms with Crippen molar-refractivity contribution in [2.45, 2.75) is 113 Å². The molecule has 1 heteroatoms. The van der Waals surface area contributed by atoms with Crippen LogP contribution in [0.1, 0.15) is 96.3 Å². The van der Waals surface area contributed by atoms with E-state index in [0.717, 1.165) is 17.0 Å². The lowest BCUT2D eigenvalue weighted by atomic mass is 9.99. The van der Waals surface area contributed by atoms with Crippen LogP contribution in [0.3, 0.4) is 0 Å². The van der Waals surface area contributed by atoms with E-state index in [9.17, 15) is 0 Å². The molecular formula is C24H38P+. The Balaban J connectivity index is 1.79. The monoisotopic (exact) mass is 357 g/mol. The normalized spacial score (nSPS) is 25.1. The molecule has 0 radical (unpaired) electrons. The molecule has 0 aliphatic heterocycles. The molecule has 3 fully saturated rings. The summed E-state index contributed by atoms with van der Waals surface area (Å²) < 4.78 is 0. The molecule has 0 unspecified atom stereocenters. The molecule has 0 saturated heterocycles. The van der Waals surface area contributed by atoms with Gasteiger partial charge in [0.05, 0.1) is 29.5 Å². The van der Waals surface area contributed by atoms with Crippen molar-refractivity contribution in [1.29, 1.82) is 0 Å². The van der Waals surface area contributed by atoms with Crippen LogP contribution < -0.4 is 5.30 Å². The smallest absolute Gasteiger partial charge is 0.0620 e. The van der Waals surface area contributed by atoms with Gasteiger partial charge in [-0.05, 0) is 89.2 Å². The summed E-state index contributed by atoms with van der Waals surface area (Å²) in [5.74, 6) is 0. The van der Waals surface area contributed by atoms with Crippen molar-refractivity contribution in [3.63, 3.8) is 0 Å². The highest BCUT2D eigenvalue weighted by atomic mass is 31.2. The van der Waals surface area contributed by atoms with Crippen molar-refractivity contribution in [2.24, 2.45) is 0 Å². The van der Waals surface area contributed by atoms with Crippen LogP contribution in [0.25, 0.3) is 0 Å². The molecule has 0 heterocycles. The molecule has 3 aliphatic rings. The summed E-state index contributed by atoms with van der Waals surface area (Å²) in [5, 5.41) is 1.85. The Morgan fingerprint density at radius 1 is 0.480 bits per heavy atom. The molecule has 138 valence electrons. The van der Waals surface area contributed by atoms with Crippen molar-refractivity contribution in [1.82, 2.24) is 0 Å². The van der Waals surface area contributed by atoms with E-state index >= 15 is 0 Å². The first kappa shape index (κ1) is 18.0. The van der Waals surface area contributed by atoms with E-state index in [4.69, 9.17) is 0 Å². The largest absolute Gasteiger partial charge is 0.0948 e. The Morgan fingerprint density at radius 3 is 1.20 bits per heavy atom. The maximum Gasteiger partial charge on any atom is 0.0948 e. The van der Waals surface area contributed by atoms with E-state index in [1.807, 2.05) is 5.30 Å². The van der Waals surface area contributed by atoms with Crippen molar-refractivity contribution < 1.29 is 0 Å². The maximum atomic E-state index is 2.57. The molecule has 0 nitrogen and oxygen atoms in total. The van der Waals surface area contributed by atoms with E-state index in [1.165, 1.54) is 57.8 Å². The fraction of sp³-hybridized carbons (Fsp3) is 0.750. The van der Waals surface area contributed by atoms with Crippen molar-refractivity contribution in [2.75, 3.05) is 0 Å². The fourth-order valence-corrected chi connectivity index (χ4v) is 14.1. The Labute approximate surface area is 156 Å². The maximum absolute atomic E-state index is 2.57. The highest BCUT2D eigenvalue weighted by Crippen LogP contribution is 2.76. The first-order valence-electron chi connectivity index (χ1n) is 11.4. The predicted molar refractivity (Wildman–Crippen MR) is 114 cm³/mol. The number of rotatable bonds is 4. The second-order valence-corrected chi connectivity index (χ2v) is 13.4. The van der Waals surface area contributed by atoms with Crippen LogP contribution in [-0.2, 0) is 0 Å². The summed E-state index contributed by atoms with van der Waals surface area (Å²) >= 11 is 0. The minimum absolute atomic E-state index is 1.06. The quantitative estimate of drug-likeness (QED) is 0.495. The second-order valence-electron chi connectivity index (χ2n) is 9.05. The summed E-state index contributed by atoms with van der Waals surface area (Å²) in [4.78, 5) is 0. The summed E-state index contributed by atoms with van der Waals surface area (Å²) in [6.07, 6.45) is 22.9. The first-order chi connectivity index (χ1) is 12.4. The van der Waals surface area contributed by atoms with E-state index in [2.05, 4.69) is 30.3 Å². The average Bonchev–Trinajstić information content (AvgIpc) is 2.72. The third-order valence-corrected chi connectivity index (χ3v) is 14.1. The van der Waals surface area contributed by atoms with E-state index < -0.39 is 7.26 Å². The summed E-state index contributed by atoms with van der Waals surface area (Å²) in [7, 11) is -1.07. The Morgan fingerprint density at radius 2 is 0.840 bits per heavy atom. The zero-order chi connectivity index (χ0) is 17.0. The van der Waals surface area contributed by atoms with Gasteiger partial charge in [-0.15, -0.1) is 0 Å². The van der Waals surface area contributed by atoms with Gasteiger partial charge in [-0.25, -0.2) is 0 Å². The molecule has 4 rings (SSSR count). The van der Waals surface area contributed by atoms with Gasteiger partial charge in [0.2, 0.25) is 0 Å². The van der Waals surface area contributed by atoms with Gasteiger partial charge in [-0.2, -0.15) is 0 Å². The second kappa shape index (κ2) is 8.56. The van der Waals surface area contributed by atoms with Crippen molar-refractivity contribution >= 4 is 12.6 Å². The van der Waals surface area contributed by atoms with Crippen LogP contribution in [0.15, 0.2) is 30.3 Å². The van der Waals surface area contributed by atoms with E-state index in [-0.39, 0.29) is 0 Å². The van der Waals surface area contributed by atoms with Gasteiger partial charge < -0.3 is 0 Å².